The molecular formula is C25H24ClF3N4O4. The van der Waals surface area contributed by atoms with Gasteiger partial charge < -0.3 is 19.8 Å². The van der Waals surface area contributed by atoms with E-state index < -0.39 is 23.3 Å². The van der Waals surface area contributed by atoms with Gasteiger partial charge in [-0.05, 0) is 48.9 Å². The summed E-state index contributed by atoms with van der Waals surface area (Å²) < 4.78 is 45.1. The summed E-state index contributed by atoms with van der Waals surface area (Å²) in [5.41, 5.74) is 0.177. The van der Waals surface area contributed by atoms with Gasteiger partial charge in [0.1, 0.15) is 12.9 Å². The highest BCUT2D eigenvalue weighted by molar-refractivity contribution is 6.30. The van der Waals surface area contributed by atoms with Crippen LogP contribution in [-0.2, 0) is 23.9 Å². The van der Waals surface area contributed by atoms with Crippen molar-refractivity contribution < 1.29 is 27.5 Å². The number of amides is 1. The van der Waals surface area contributed by atoms with Crippen LogP contribution in [0.1, 0.15) is 35.3 Å². The number of fused-ring (bicyclic) bond motifs is 1. The summed E-state index contributed by atoms with van der Waals surface area (Å²) in [6.07, 6.45) is -4.09. The van der Waals surface area contributed by atoms with Crippen molar-refractivity contribution in [2.75, 3.05) is 25.6 Å². The van der Waals surface area contributed by atoms with E-state index in [2.05, 4.69) is 10.3 Å². The molecule has 1 amide bonds. The minimum Gasteiger partial charge on any atom is -0.484 e. The summed E-state index contributed by atoms with van der Waals surface area (Å²) in [6.45, 7) is 1.91. The molecule has 0 saturated heterocycles. The Balaban J connectivity index is 1.47. The lowest BCUT2D eigenvalue weighted by atomic mass is 10.1. The fourth-order valence-electron chi connectivity index (χ4n) is 3.94. The number of hydrogen-bond acceptors (Lipinski definition) is 6. The first-order chi connectivity index (χ1) is 17.6. The first-order valence-corrected chi connectivity index (χ1v) is 11.7. The summed E-state index contributed by atoms with van der Waals surface area (Å²) in [6, 6.07) is 10.9. The van der Waals surface area contributed by atoms with E-state index in [9.17, 15) is 22.8 Å². The Morgan fingerprint density at radius 1 is 1.16 bits per heavy atom. The number of carbonyl (C=O) groups excluding carboxylic acids is 1. The third-order valence-corrected chi connectivity index (χ3v) is 6.24. The van der Waals surface area contributed by atoms with Crippen molar-refractivity contribution in [2.24, 2.45) is 0 Å². The van der Waals surface area contributed by atoms with Crippen LogP contribution in [0.5, 0.6) is 5.75 Å². The van der Waals surface area contributed by atoms with Crippen molar-refractivity contribution in [1.82, 2.24) is 14.6 Å². The number of carbonyl (C=O) groups is 1. The Hall–Kier alpha value is -3.73. The van der Waals surface area contributed by atoms with E-state index in [1.807, 2.05) is 0 Å². The molecule has 1 N–H and O–H groups in total. The lowest BCUT2D eigenvalue weighted by Gasteiger charge is -2.29. The highest BCUT2D eigenvalue weighted by Gasteiger charge is 2.30. The van der Waals surface area contributed by atoms with Crippen LogP contribution in [0.3, 0.4) is 0 Å². The van der Waals surface area contributed by atoms with E-state index in [-0.39, 0.29) is 25.0 Å². The fraction of sp³-hybridized carbons (Fsp3) is 0.320. The van der Waals surface area contributed by atoms with Gasteiger partial charge in [-0.25, -0.2) is 4.98 Å². The van der Waals surface area contributed by atoms with E-state index in [1.54, 1.807) is 31.2 Å². The van der Waals surface area contributed by atoms with Crippen LogP contribution < -0.4 is 20.5 Å². The molecule has 0 spiro atoms. The van der Waals surface area contributed by atoms with Crippen LogP contribution in [0.25, 0.3) is 0 Å². The molecule has 1 aliphatic heterocycles. The number of alkyl halides is 3. The monoisotopic (exact) mass is 536 g/mol. The summed E-state index contributed by atoms with van der Waals surface area (Å²) >= 11 is 5.85. The number of ether oxygens (including phenoxy) is 1. The third-order valence-electron chi connectivity index (χ3n) is 5.99. The minimum absolute atomic E-state index is 0.0437. The Bertz CT molecular complexity index is 1330. The molecule has 3 aromatic rings. The van der Waals surface area contributed by atoms with Gasteiger partial charge in [-0.15, -0.1) is 4.73 Å². The van der Waals surface area contributed by atoms with Gasteiger partial charge in [0.25, 0.3) is 11.5 Å². The summed E-state index contributed by atoms with van der Waals surface area (Å²) in [5, 5.41) is 3.59. The van der Waals surface area contributed by atoms with Crippen LogP contribution >= 0.6 is 11.6 Å². The highest BCUT2D eigenvalue weighted by atomic mass is 35.5. The van der Waals surface area contributed by atoms with Crippen molar-refractivity contribution >= 4 is 23.5 Å². The molecule has 0 radical (unpaired) electrons. The smallest absolute Gasteiger partial charge is 0.416 e. The predicted octanol–water partition coefficient (Wildman–Crippen LogP) is 4.11. The zero-order chi connectivity index (χ0) is 26.7. The Morgan fingerprint density at radius 2 is 1.84 bits per heavy atom. The molecule has 1 atom stereocenters. The number of anilines is 1. The standard InChI is InChI=1S/C25H24ClF3N4O4/c1-15(16-3-5-17(6-4-16)25(27,28)29)30-24-31-21-11-12-32(13-20(21)23(35)33(24)36-2)22(34)14-37-19-9-7-18(26)8-10-19/h3-10,15H,11-14H2,1-2H3,(H,30,31)/t15-/m0/s1. The molecule has 37 heavy (non-hydrogen) atoms. The molecule has 12 heteroatoms. The van der Waals surface area contributed by atoms with Gasteiger partial charge in [-0.1, -0.05) is 23.7 Å². The second-order valence-electron chi connectivity index (χ2n) is 8.44. The SMILES string of the molecule is COn1c(N[C@@H](C)c2ccc(C(F)(F)F)cc2)nc2c(c1=O)CN(C(=O)COc1ccc(Cl)cc1)CC2. The number of benzene rings is 2. The molecule has 0 fully saturated rings. The average molecular weight is 537 g/mol. The van der Waals surface area contributed by atoms with Crippen molar-refractivity contribution in [2.45, 2.75) is 32.1 Å². The lowest BCUT2D eigenvalue weighted by molar-refractivity contribution is -0.137. The Labute approximate surface area is 215 Å². The Morgan fingerprint density at radius 3 is 2.46 bits per heavy atom. The van der Waals surface area contributed by atoms with Crippen molar-refractivity contribution in [3.63, 3.8) is 0 Å². The van der Waals surface area contributed by atoms with Crippen LogP contribution in [0.2, 0.25) is 5.02 Å². The summed E-state index contributed by atoms with van der Waals surface area (Å²) in [7, 11) is 1.30. The highest BCUT2D eigenvalue weighted by Crippen LogP contribution is 2.30. The van der Waals surface area contributed by atoms with Crippen molar-refractivity contribution in [3.05, 3.63) is 86.3 Å². The molecule has 0 saturated carbocycles. The zero-order valence-electron chi connectivity index (χ0n) is 20.0. The normalized spacial score (nSPS) is 14.1. The fourth-order valence-corrected chi connectivity index (χ4v) is 4.06. The molecule has 2 aromatic carbocycles. The quantitative estimate of drug-likeness (QED) is 0.489. The van der Waals surface area contributed by atoms with Crippen LogP contribution in [0.15, 0.2) is 53.3 Å². The summed E-state index contributed by atoms with van der Waals surface area (Å²) in [5.74, 6) is 0.322. The molecule has 8 nitrogen and oxygen atoms in total. The van der Waals surface area contributed by atoms with E-state index in [1.165, 1.54) is 24.1 Å². The minimum atomic E-state index is -4.43. The topological polar surface area (TPSA) is 85.7 Å². The second-order valence-corrected chi connectivity index (χ2v) is 8.87. The average Bonchev–Trinajstić information content (AvgIpc) is 2.88. The van der Waals surface area contributed by atoms with Gasteiger partial charge in [0.15, 0.2) is 6.61 Å². The maximum Gasteiger partial charge on any atom is 0.416 e. The molecule has 1 aromatic heterocycles. The largest absolute Gasteiger partial charge is 0.484 e. The maximum atomic E-state index is 13.2. The van der Waals surface area contributed by atoms with Gasteiger partial charge >= 0.3 is 6.18 Å². The van der Waals surface area contributed by atoms with Crippen molar-refractivity contribution in [1.29, 1.82) is 0 Å². The number of nitrogens with one attached hydrogen (secondary N) is 1. The molecule has 196 valence electrons. The number of halogens is 4. The zero-order valence-corrected chi connectivity index (χ0v) is 20.8. The maximum absolute atomic E-state index is 13.2. The van der Waals surface area contributed by atoms with Gasteiger partial charge in [0.05, 0.1) is 29.4 Å². The lowest BCUT2D eigenvalue weighted by Crippen LogP contribution is -2.44. The first-order valence-electron chi connectivity index (χ1n) is 11.4. The number of rotatable bonds is 7. The first kappa shape index (κ1) is 26.3. The van der Waals surface area contributed by atoms with Crippen LogP contribution in [0.4, 0.5) is 19.1 Å². The predicted molar refractivity (Wildman–Crippen MR) is 131 cm³/mol. The number of hydrogen-bond donors (Lipinski definition) is 1. The molecule has 4 rings (SSSR count). The summed E-state index contributed by atoms with van der Waals surface area (Å²) in [4.78, 5) is 37.2. The van der Waals surface area contributed by atoms with E-state index in [4.69, 9.17) is 21.2 Å². The molecule has 1 aliphatic rings. The van der Waals surface area contributed by atoms with E-state index in [0.29, 0.717) is 40.6 Å². The number of nitrogens with zero attached hydrogens (tertiary/aromatic N) is 3. The molecule has 0 bridgehead atoms. The van der Waals surface area contributed by atoms with Crippen LogP contribution in [0, 0.1) is 0 Å². The van der Waals surface area contributed by atoms with Crippen molar-refractivity contribution in [3.8, 4) is 5.75 Å². The molecular weight excluding hydrogens is 513 g/mol. The van der Waals surface area contributed by atoms with Gasteiger partial charge in [-0.2, -0.15) is 13.2 Å². The second kappa shape index (κ2) is 10.7. The third kappa shape index (κ3) is 5.99. The van der Waals surface area contributed by atoms with Gasteiger partial charge in [-0.3, -0.25) is 9.59 Å². The van der Waals surface area contributed by atoms with Gasteiger partial charge in [0.2, 0.25) is 5.95 Å². The molecule has 0 unspecified atom stereocenters. The Kier molecular flexibility index (Phi) is 7.63. The van der Waals surface area contributed by atoms with E-state index in [0.717, 1.165) is 16.9 Å². The van der Waals surface area contributed by atoms with E-state index >= 15 is 0 Å². The van der Waals surface area contributed by atoms with Gasteiger partial charge in [0, 0.05) is 18.0 Å². The number of aromatic nitrogens is 2. The molecule has 2 heterocycles. The molecule has 0 aliphatic carbocycles. The van der Waals surface area contributed by atoms with Crippen LogP contribution in [-0.4, -0.2) is 40.8 Å².